The maximum Gasteiger partial charge on any atom is 0.341 e. The summed E-state index contributed by atoms with van der Waals surface area (Å²) in [5.74, 6) is 0.527. The van der Waals surface area contributed by atoms with Crippen LogP contribution in [-0.2, 0) is 22.4 Å². The maximum atomic E-state index is 12.3. The molecule has 2 aromatic rings. The number of methoxy groups -OCH3 is 1. The van der Waals surface area contributed by atoms with Gasteiger partial charge in [0.15, 0.2) is 6.61 Å². The summed E-state index contributed by atoms with van der Waals surface area (Å²) >= 11 is 3.68. The average Bonchev–Trinajstić information content (AvgIpc) is 2.97. The molecule has 0 saturated heterocycles. The number of thiophene rings is 1. The molecule has 1 heterocycles. The van der Waals surface area contributed by atoms with Crippen molar-refractivity contribution in [2.45, 2.75) is 26.2 Å². The molecular weight excluding hydrogens is 465 g/mol. The van der Waals surface area contributed by atoms with E-state index >= 15 is 0 Å². The lowest BCUT2D eigenvalue weighted by Crippen LogP contribution is -2.21. The molecule has 3 rings (SSSR count). The zero-order valence-corrected chi connectivity index (χ0v) is 17.6. The van der Waals surface area contributed by atoms with Crippen molar-refractivity contribution in [2.24, 2.45) is 5.92 Å². The Kier molecular flexibility index (Phi) is 6.18. The minimum atomic E-state index is -0.397. The van der Waals surface area contributed by atoms with Crippen molar-refractivity contribution in [3.05, 3.63) is 43.8 Å². The fourth-order valence-corrected chi connectivity index (χ4v) is 4.77. The molecule has 138 valence electrons. The second kappa shape index (κ2) is 8.39. The van der Waals surface area contributed by atoms with E-state index in [0.717, 1.165) is 33.3 Å². The van der Waals surface area contributed by atoms with Gasteiger partial charge in [-0.3, -0.25) is 4.79 Å². The van der Waals surface area contributed by atoms with Crippen molar-refractivity contribution in [1.82, 2.24) is 0 Å². The van der Waals surface area contributed by atoms with Crippen LogP contribution in [0.2, 0.25) is 0 Å². The van der Waals surface area contributed by atoms with Crippen LogP contribution in [0.25, 0.3) is 0 Å². The lowest BCUT2D eigenvalue weighted by atomic mass is 9.88. The highest BCUT2D eigenvalue weighted by Crippen LogP contribution is 2.40. The first-order chi connectivity index (χ1) is 12.5. The number of hydrogen-bond donors (Lipinski definition) is 1. The van der Waals surface area contributed by atoms with E-state index in [1.165, 1.54) is 18.4 Å². The molecule has 1 amide bonds. The van der Waals surface area contributed by atoms with Crippen LogP contribution < -0.4 is 10.1 Å². The van der Waals surface area contributed by atoms with Gasteiger partial charge in [0.2, 0.25) is 0 Å². The van der Waals surface area contributed by atoms with E-state index in [1.54, 1.807) is 0 Å². The number of rotatable bonds is 5. The number of carbonyl (C=O) groups excluding carboxylic acids is 2. The molecule has 26 heavy (non-hydrogen) atoms. The van der Waals surface area contributed by atoms with Gasteiger partial charge in [0.05, 0.1) is 12.7 Å². The molecule has 0 bridgehead atoms. The Morgan fingerprint density at radius 1 is 1.31 bits per heavy atom. The molecule has 0 radical (unpaired) electrons. The normalized spacial score (nSPS) is 15.9. The van der Waals surface area contributed by atoms with E-state index in [1.807, 2.05) is 24.3 Å². The van der Waals surface area contributed by atoms with Crippen LogP contribution in [-0.4, -0.2) is 25.6 Å². The summed E-state index contributed by atoms with van der Waals surface area (Å²) in [6, 6.07) is 7.47. The van der Waals surface area contributed by atoms with Crippen LogP contribution in [0.4, 0.5) is 5.00 Å². The smallest absolute Gasteiger partial charge is 0.341 e. The zero-order valence-electron chi connectivity index (χ0n) is 14.6. The first kappa shape index (κ1) is 19.2. The molecule has 1 aromatic heterocycles. The summed E-state index contributed by atoms with van der Waals surface area (Å²) in [6.45, 7) is 2.09. The van der Waals surface area contributed by atoms with E-state index in [-0.39, 0.29) is 12.5 Å². The van der Waals surface area contributed by atoms with Crippen LogP contribution in [0, 0.1) is 9.49 Å². The van der Waals surface area contributed by atoms with Crippen LogP contribution in [0.5, 0.6) is 5.75 Å². The van der Waals surface area contributed by atoms with E-state index in [9.17, 15) is 9.59 Å². The Bertz CT molecular complexity index is 816. The highest BCUT2D eigenvalue weighted by atomic mass is 127. The second-order valence-electron chi connectivity index (χ2n) is 6.34. The highest BCUT2D eigenvalue weighted by molar-refractivity contribution is 14.1. The molecule has 1 atom stereocenters. The topological polar surface area (TPSA) is 64.6 Å². The SMILES string of the molecule is COC(=O)c1c(NC(=O)COc2ccc(I)cc2)sc2c1CCC(C)C2. The Balaban J connectivity index is 1.73. The number of fused-ring (bicyclic) bond motifs is 1. The zero-order chi connectivity index (χ0) is 18.7. The predicted octanol–water partition coefficient (Wildman–Crippen LogP) is 4.28. The Morgan fingerprint density at radius 2 is 2.04 bits per heavy atom. The second-order valence-corrected chi connectivity index (χ2v) is 8.69. The van der Waals surface area contributed by atoms with Gasteiger partial charge in [0.1, 0.15) is 10.8 Å². The van der Waals surface area contributed by atoms with Gasteiger partial charge >= 0.3 is 5.97 Å². The molecule has 1 aromatic carbocycles. The number of anilines is 1. The maximum absolute atomic E-state index is 12.3. The highest BCUT2D eigenvalue weighted by Gasteiger charge is 2.28. The first-order valence-corrected chi connectivity index (χ1v) is 10.3. The number of carbonyl (C=O) groups is 2. The third kappa shape index (κ3) is 4.37. The summed E-state index contributed by atoms with van der Waals surface area (Å²) < 4.78 is 11.5. The van der Waals surface area contributed by atoms with Crippen molar-refractivity contribution in [3.8, 4) is 5.75 Å². The average molecular weight is 485 g/mol. The van der Waals surface area contributed by atoms with Gasteiger partial charge in [0.25, 0.3) is 5.91 Å². The quantitative estimate of drug-likeness (QED) is 0.508. The Labute approximate surface area is 170 Å². The molecule has 0 fully saturated rings. The number of esters is 1. The molecule has 1 aliphatic rings. The van der Waals surface area contributed by atoms with E-state index in [2.05, 4.69) is 34.8 Å². The minimum absolute atomic E-state index is 0.111. The summed E-state index contributed by atoms with van der Waals surface area (Å²) in [4.78, 5) is 25.7. The predicted molar refractivity (Wildman–Crippen MR) is 110 cm³/mol. The number of hydrogen-bond acceptors (Lipinski definition) is 5. The Hall–Kier alpha value is -1.61. The Morgan fingerprint density at radius 3 is 2.73 bits per heavy atom. The molecular formula is C19H20INO4S. The fourth-order valence-electron chi connectivity index (χ4n) is 3.00. The number of benzene rings is 1. The first-order valence-electron chi connectivity index (χ1n) is 8.39. The summed E-state index contributed by atoms with van der Waals surface area (Å²) in [7, 11) is 1.36. The summed E-state index contributed by atoms with van der Waals surface area (Å²) in [5, 5.41) is 3.39. The number of nitrogens with one attached hydrogen (secondary N) is 1. The molecule has 7 heteroatoms. The van der Waals surface area contributed by atoms with Crippen molar-refractivity contribution in [3.63, 3.8) is 0 Å². The van der Waals surface area contributed by atoms with E-state index in [4.69, 9.17) is 9.47 Å². The van der Waals surface area contributed by atoms with Gasteiger partial charge < -0.3 is 14.8 Å². The molecule has 1 unspecified atom stereocenters. The van der Waals surface area contributed by atoms with E-state index in [0.29, 0.717) is 22.2 Å². The molecule has 0 aliphatic heterocycles. The number of halogens is 1. The third-order valence-corrected chi connectivity index (χ3v) is 6.23. The van der Waals surface area contributed by atoms with Crippen molar-refractivity contribution < 1.29 is 19.1 Å². The molecule has 0 saturated carbocycles. The number of ether oxygens (including phenoxy) is 2. The van der Waals surface area contributed by atoms with Crippen molar-refractivity contribution in [2.75, 3.05) is 19.0 Å². The van der Waals surface area contributed by atoms with Gasteiger partial charge in [-0.15, -0.1) is 11.3 Å². The van der Waals surface area contributed by atoms with Crippen molar-refractivity contribution in [1.29, 1.82) is 0 Å². The van der Waals surface area contributed by atoms with Gasteiger partial charge in [-0.1, -0.05) is 6.92 Å². The van der Waals surface area contributed by atoms with Gasteiger partial charge in [-0.25, -0.2) is 4.79 Å². The van der Waals surface area contributed by atoms with Crippen molar-refractivity contribution >= 4 is 50.8 Å². The van der Waals surface area contributed by atoms with E-state index < -0.39 is 5.97 Å². The molecule has 1 N–H and O–H groups in total. The van der Waals surface area contributed by atoms with Crippen LogP contribution >= 0.6 is 33.9 Å². The number of amides is 1. The molecule has 5 nitrogen and oxygen atoms in total. The van der Waals surface area contributed by atoms with Crippen LogP contribution in [0.15, 0.2) is 24.3 Å². The fraction of sp³-hybridized carbons (Fsp3) is 0.368. The largest absolute Gasteiger partial charge is 0.484 e. The molecule has 0 spiro atoms. The van der Waals surface area contributed by atoms with Gasteiger partial charge in [-0.2, -0.15) is 0 Å². The lowest BCUT2D eigenvalue weighted by Gasteiger charge is -2.18. The standard InChI is InChI=1S/C19H20INO4S/c1-11-3-8-14-15(9-11)26-18(17(14)19(23)24-2)21-16(22)10-25-13-6-4-12(20)5-7-13/h4-7,11H,3,8-10H2,1-2H3,(H,21,22). The van der Waals surface area contributed by atoms with Gasteiger partial charge in [0, 0.05) is 8.45 Å². The van der Waals surface area contributed by atoms with Crippen LogP contribution in [0.3, 0.4) is 0 Å². The minimum Gasteiger partial charge on any atom is -0.484 e. The monoisotopic (exact) mass is 485 g/mol. The van der Waals surface area contributed by atoms with Crippen LogP contribution in [0.1, 0.15) is 34.1 Å². The van der Waals surface area contributed by atoms with Gasteiger partial charge in [-0.05, 0) is 77.6 Å². The summed E-state index contributed by atoms with van der Waals surface area (Å²) in [5.41, 5.74) is 1.52. The third-order valence-electron chi connectivity index (χ3n) is 4.34. The molecule has 1 aliphatic carbocycles. The lowest BCUT2D eigenvalue weighted by molar-refractivity contribution is -0.118. The summed E-state index contributed by atoms with van der Waals surface area (Å²) in [6.07, 6.45) is 2.81.